The van der Waals surface area contributed by atoms with E-state index in [0.717, 1.165) is 67.0 Å². The van der Waals surface area contributed by atoms with Gasteiger partial charge in [-0.25, -0.2) is 9.97 Å². The van der Waals surface area contributed by atoms with Crippen molar-refractivity contribution in [1.82, 2.24) is 19.9 Å². The Kier molecular flexibility index (Phi) is 11.2. The van der Waals surface area contributed by atoms with Crippen LogP contribution < -0.4 is 9.97 Å². The Morgan fingerprint density at radius 3 is 1.11 bits per heavy atom. The number of terminal acetylenes is 1. The van der Waals surface area contributed by atoms with Crippen molar-refractivity contribution in [2.45, 2.75) is 105 Å². The molecule has 61 heavy (non-hydrogen) atoms. The second-order valence-corrected chi connectivity index (χ2v) is 20.5. The Hall–Kier alpha value is -5.56. The van der Waals surface area contributed by atoms with Crippen LogP contribution in [0.25, 0.3) is 79.8 Å². The summed E-state index contributed by atoms with van der Waals surface area (Å²) in [4.78, 5) is 21.6. The molecule has 0 amide bonds. The summed E-state index contributed by atoms with van der Waals surface area (Å²) >= 11 is 0. The summed E-state index contributed by atoms with van der Waals surface area (Å²) in [6.07, 6.45) is 14.7. The average molecular weight is 850 g/mol. The summed E-state index contributed by atoms with van der Waals surface area (Å²) in [7, 11) is 0. The Morgan fingerprint density at radius 1 is 0.410 bits per heavy atom. The summed E-state index contributed by atoms with van der Waals surface area (Å²) in [5.41, 5.74) is 17.8. The first kappa shape index (κ1) is 43.5. The van der Waals surface area contributed by atoms with Gasteiger partial charge in [-0.3, -0.25) is 0 Å². The summed E-state index contributed by atoms with van der Waals surface area (Å²) < 4.78 is 0. The van der Waals surface area contributed by atoms with Crippen LogP contribution in [0.3, 0.4) is 0 Å². The molecule has 0 aliphatic carbocycles. The van der Waals surface area contributed by atoms with Gasteiger partial charge in [-0.2, -0.15) is 0 Å². The van der Waals surface area contributed by atoms with Crippen molar-refractivity contribution in [3.63, 3.8) is 0 Å². The van der Waals surface area contributed by atoms with Crippen molar-refractivity contribution < 1.29 is 19.5 Å². The zero-order valence-electron chi connectivity index (χ0n) is 38.0. The van der Waals surface area contributed by atoms with Crippen LogP contribution in [0.1, 0.15) is 134 Å². The molecule has 5 heteroatoms. The quantitative estimate of drug-likeness (QED) is 0.131. The predicted molar refractivity (Wildman–Crippen MR) is 256 cm³/mol. The Bertz CT molecular complexity index is 2820. The van der Waals surface area contributed by atoms with Crippen LogP contribution in [0.15, 0.2) is 91.0 Å². The van der Waals surface area contributed by atoms with E-state index < -0.39 is 0 Å². The van der Waals surface area contributed by atoms with Gasteiger partial charge < -0.3 is 9.97 Å². The van der Waals surface area contributed by atoms with Gasteiger partial charge in [0.05, 0.1) is 22.8 Å². The number of rotatable bonds is 3. The molecule has 302 valence electrons. The molecular weight excluding hydrogens is 794 g/mol. The molecule has 2 aliphatic rings. The fourth-order valence-corrected chi connectivity index (χ4v) is 8.00. The summed E-state index contributed by atoms with van der Waals surface area (Å²) in [6.45, 7) is 27.2. The van der Waals surface area contributed by atoms with Crippen molar-refractivity contribution in [3.05, 3.63) is 142 Å². The average Bonchev–Trinajstić information content (AvgIpc) is 4.02. The molecule has 0 N–H and O–H groups in total. The van der Waals surface area contributed by atoms with Gasteiger partial charge in [-0.1, -0.05) is 180 Å². The van der Waals surface area contributed by atoms with Crippen LogP contribution in [-0.4, -0.2) is 9.97 Å². The molecule has 0 saturated carbocycles. The molecule has 8 bridgehead atoms. The van der Waals surface area contributed by atoms with Gasteiger partial charge in [0.2, 0.25) is 0 Å². The van der Waals surface area contributed by atoms with Crippen LogP contribution in [0.2, 0.25) is 0 Å². The first-order valence-corrected chi connectivity index (χ1v) is 21.1. The van der Waals surface area contributed by atoms with E-state index in [0.29, 0.717) is 16.8 Å². The van der Waals surface area contributed by atoms with Crippen LogP contribution >= 0.6 is 0 Å². The maximum Gasteiger partial charge on any atom is 2.00 e. The summed E-state index contributed by atoms with van der Waals surface area (Å²) in [6, 6.07) is 32.8. The number of nitrogens with zero attached hydrogens (tertiary/aromatic N) is 4. The van der Waals surface area contributed by atoms with E-state index in [2.05, 4.69) is 186 Å². The second kappa shape index (κ2) is 15.7. The number of aromatic nitrogens is 4. The Morgan fingerprint density at radius 2 is 0.738 bits per heavy atom. The molecule has 0 atom stereocenters. The molecule has 4 nitrogen and oxygen atoms in total. The monoisotopic (exact) mass is 848 g/mol. The van der Waals surface area contributed by atoms with Gasteiger partial charge >= 0.3 is 19.5 Å². The summed E-state index contributed by atoms with van der Waals surface area (Å²) in [5.74, 6) is 2.99. The van der Waals surface area contributed by atoms with Crippen molar-refractivity contribution in [3.8, 4) is 45.7 Å². The minimum atomic E-state index is -0.0800. The summed E-state index contributed by atoms with van der Waals surface area (Å²) in [5, 5.41) is 0. The van der Waals surface area contributed by atoms with Crippen molar-refractivity contribution in [2.75, 3.05) is 0 Å². The van der Waals surface area contributed by atoms with E-state index in [-0.39, 0.29) is 41.1 Å². The number of fused-ring (bicyclic) bond motifs is 8. The van der Waals surface area contributed by atoms with E-state index in [1.807, 2.05) is 18.2 Å². The second-order valence-electron chi connectivity index (χ2n) is 20.5. The zero-order valence-corrected chi connectivity index (χ0v) is 41.0. The molecule has 8 rings (SSSR count). The first-order chi connectivity index (χ1) is 28.2. The van der Waals surface area contributed by atoms with Crippen molar-refractivity contribution in [1.29, 1.82) is 0 Å². The van der Waals surface area contributed by atoms with Gasteiger partial charge in [0.1, 0.15) is 0 Å². The van der Waals surface area contributed by atoms with Crippen LogP contribution in [0.5, 0.6) is 0 Å². The molecule has 3 aromatic heterocycles. The number of hydrogen-bond acceptors (Lipinski definition) is 2. The predicted octanol–water partition coefficient (Wildman–Crippen LogP) is 14.1. The molecule has 0 unspecified atom stereocenters. The van der Waals surface area contributed by atoms with Crippen molar-refractivity contribution >= 4 is 46.4 Å². The maximum absolute atomic E-state index is 6.38. The number of hydrogen-bond donors (Lipinski definition) is 0. The third kappa shape index (κ3) is 8.54. The standard InChI is InChI=1S/C56H56N4.Zn/c1-14-41-42-20-22-46(57-42)51(35-28-37(53(2,3)4)32-38(29-35)54(5,6)7)48-26-24-44(59-48)50(34-18-16-15-17-19-34)45-25-27-49(60-45)52(47-23-21-43(41)58-47)36-30-39(55(8,9)10)33-40(31-36)56(11,12)13;/h1,15-33H,2-13H3;/q-2;+2. The van der Waals surface area contributed by atoms with Gasteiger partial charge in [-0.15, -0.1) is 28.5 Å². The topological polar surface area (TPSA) is 54.0 Å². The molecule has 0 spiro atoms. The Labute approximate surface area is 375 Å². The van der Waals surface area contributed by atoms with Crippen LogP contribution in [0.4, 0.5) is 0 Å². The van der Waals surface area contributed by atoms with Crippen LogP contribution in [-0.2, 0) is 41.1 Å². The van der Waals surface area contributed by atoms with E-state index >= 15 is 0 Å². The molecule has 2 aliphatic heterocycles. The van der Waals surface area contributed by atoms with Crippen molar-refractivity contribution in [2.24, 2.45) is 0 Å². The largest absolute Gasteiger partial charge is 2.00 e. The molecular formula is C56H56N4Zn. The molecule has 0 saturated heterocycles. The molecule has 3 aromatic carbocycles. The zero-order chi connectivity index (χ0) is 42.9. The van der Waals surface area contributed by atoms with Gasteiger partial charge in [-0.05, 0) is 102 Å². The fraction of sp³-hybridized carbons (Fsp3) is 0.286. The minimum Gasteiger partial charge on any atom is -0.657 e. The first-order valence-electron chi connectivity index (χ1n) is 21.1. The smallest absolute Gasteiger partial charge is 0.657 e. The van der Waals surface area contributed by atoms with E-state index in [9.17, 15) is 0 Å². The third-order valence-electron chi connectivity index (χ3n) is 11.7. The molecule has 0 fully saturated rings. The minimum absolute atomic E-state index is 0. The fourth-order valence-electron chi connectivity index (χ4n) is 8.00. The van der Waals surface area contributed by atoms with Gasteiger partial charge in [0.15, 0.2) is 0 Å². The van der Waals surface area contributed by atoms with E-state index in [1.165, 1.54) is 22.3 Å². The number of benzene rings is 3. The molecule has 5 heterocycles. The van der Waals surface area contributed by atoms with Crippen LogP contribution in [0, 0.1) is 12.3 Å². The van der Waals surface area contributed by atoms with Gasteiger partial charge in [0.25, 0.3) is 0 Å². The van der Waals surface area contributed by atoms with E-state index in [1.54, 1.807) is 0 Å². The third-order valence-corrected chi connectivity index (χ3v) is 11.7. The normalized spacial score (nSPS) is 13.0. The van der Waals surface area contributed by atoms with Gasteiger partial charge in [0, 0.05) is 5.56 Å². The SMILES string of the molecule is C#Cc1c2nc(c(-c3cc(C(C)(C)C)cc(C(C)(C)C)c3)c3ccc([n-]3)c(-c3ccccc3)c3nc(c(-c4cc(C(C)(C)C)cc(C(C)(C)C)c4)c4ccc1[n-]4)C=C3)C=C2.[Zn+2]. The molecule has 0 radical (unpaired) electrons. The Balaban J connectivity index is 0.00000561. The maximum atomic E-state index is 6.38. The molecule has 6 aromatic rings. The van der Waals surface area contributed by atoms with E-state index in [4.69, 9.17) is 26.4 Å².